The van der Waals surface area contributed by atoms with Crippen LogP contribution in [0.1, 0.15) is 34.8 Å². The molecule has 0 aromatic carbocycles. The van der Waals surface area contributed by atoms with E-state index in [2.05, 4.69) is 29.1 Å². The number of carboxylic acids is 1. The fourth-order valence-electron chi connectivity index (χ4n) is 1.93. The van der Waals surface area contributed by atoms with Crippen molar-refractivity contribution in [3.8, 4) is 0 Å². The Hall–Kier alpha value is -1.89. The van der Waals surface area contributed by atoms with Crippen LogP contribution in [0.25, 0.3) is 0 Å². The average Bonchev–Trinajstić information content (AvgIpc) is 2.76. The molecule has 106 valence electrons. The van der Waals surface area contributed by atoms with Gasteiger partial charge in [0.2, 0.25) is 0 Å². The van der Waals surface area contributed by atoms with Gasteiger partial charge in [-0.1, -0.05) is 13.8 Å². The van der Waals surface area contributed by atoms with Crippen LogP contribution in [-0.4, -0.2) is 58.5 Å². The van der Waals surface area contributed by atoms with Gasteiger partial charge < -0.3 is 20.3 Å². The molecule has 1 aromatic heterocycles. The van der Waals surface area contributed by atoms with Gasteiger partial charge in [0.1, 0.15) is 0 Å². The molecule has 1 amide bonds. The van der Waals surface area contributed by atoms with Gasteiger partial charge >= 0.3 is 5.97 Å². The van der Waals surface area contributed by atoms with Crippen molar-refractivity contribution in [2.75, 3.05) is 20.6 Å². The summed E-state index contributed by atoms with van der Waals surface area (Å²) in [7, 11) is 3.88. The van der Waals surface area contributed by atoms with E-state index in [0.717, 1.165) is 0 Å². The highest BCUT2D eigenvalue weighted by molar-refractivity contribution is 6.02. The van der Waals surface area contributed by atoms with Crippen molar-refractivity contribution in [1.82, 2.24) is 20.2 Å². The zero-order chi connectivity index (χ0) is 14.6. The van der Waals surface area contributed by atoms with Crippen molar-refractivity contribution in [1.29, 1.82) is 0 Å². The minimum Gasteiger partial charge on any atom is -0.477 e. The summed E-state index contributed by atoms with van der Waals surface area (Å²) < 4.78 is 0. The van der Waals surface area contributed by atoms with Gasteiger partial charge in [0.05, 0.1) is 6.33 Å². The number of imidazole rings is 1. The molecule has 7 heteroatoms. The van der Waals surface area contributed by atoms with Crippen LogP contribution in [0.3, 0.4) is 0 Å². The smallest absolute Gasteiger partial charge is 0.354 e. The Bertz CT molecular complexity index is 446. The number of H-pyrrole nitrogens is 1. The Morgan fingerprint density at radius 3 is 2.58 bits per heavy atom. The van der Waals surface area contributed by atoms with Crippen molar-refractivity contribution >= 4 is 11.9 Å². The van der Waals surface area contributed by atoms with E-state index in [-0.39, 0.29) is 17.4 Å². The molecule has 7 nitrogen and oxygen atoms in total. The molecule has 1 aromatic rings. The lowest BCUT2D eigenvalue weighted by molar-refractivity contribution is 0.0684. The number of amides is 1. The predicted molar refractivity (Wildman–Crippen MR) is 70.2 cm³/mol. The van der Waals surface area contributed by atoms with Gasteiger partial charge in [0.25, 0.3) is 5.91 Å². The van der Waals surface area contributed by atoms with Gasteiger partial charge in [0.15, 0.2) is 11.4 Å². The summed E-state index contributed by atoms with van der Waals surface area (Å²) >= 11 is 0. The summed E-state index contributed by atoms with van der Waals surface area (Å²) in [5, 5.41) is 11.6. The SMILES string of the molecule is CC(C)C(CNC(=O)c1nc[nH]c1C(=O)O)N(C)C. The third-order valence-corrected chi connectivity index (χ3v) is 2.97. The van der Waals surface area contributed by atoms with Gasteiger partial charge in [-0.2, -0.15) is 0 Å². The first-order chi connectivity index (χ1) is 8.84. The number of nitrogens with one attached hydrogen (secondary N) is 2. The first kappa shape index (κ1) is 15.2. The fourth-order valence-corrected chi connectivity index (χ4v) is 1.93. The number of carbonyl (C=O) groups is 2. The summed E-state index contributed by atoms with van der Waals surface area (Å²) in [4.78, 5) is 31.0. The third-order valence-electron chi connectivity index (χ3n) is 2.97. The number of aromatic amines is 1. The predicted octanol–water partition coefficient (Wildman–Crippen LogP) is 0.424. The molecule has 0 saturated heterocycles. The van der Waals surface area contributed by atoms with Crippen molar-refractivity contribution in [3.05, 3.63) is 17.7 Å². The normalized spacial score (nSPS) is 12.7. The van der Waals surface area contributed by atoms with Gasteiger partial charge in [-0.15, -0.1) is 0 Å². The molecule has 3 N–H and O–H groups in total. The second-order valence-corrected chi connectivity index (χ2v) is 4.92. The zero-order valence-electron chi connectivity index (χ0n) is 11.6. The van der Waals surface area contributed by atoms with E-state index in [9.17, 15) is 9.59 Å². The number of nitrogens with zero attached hydrogens (tertiary/aromatic N) is 2. The summed E-state index contributed by atoms with van der Waals surface area (Å²) in [5.41, 5.74) is -0.280. The molecule has 19 heavy (non-hydrogen) atoms. The number of hydrogen-bond donors (Lipinski definition) is 3. The molecule has 1 atom stereocenters. The molecule has 0 spiro atoms. The molecule has 0 bridgehead atoms. The Labute approximate surface area is 112 Å². The summed E-state index contributed by atoms with van der Waals surface area (Å²) in [6, 6.07) is 0.177. The Morgan fingerprint density at radius 1 is 1.47 bits per heavy atom. The van der Waals surface area contributed by atoms with Crippen LogP contribution in [0, 0.1) is 5.92 Å². The van der Waals surface area contributed by atoms with Crippen molar-refractivity contribution in [2.24, 2.45) is 5.92 Å². The maximum atomic E-state index is 11.9. The molecule has 0 aliphatic carbocycles. The van der Waals surface area contributed by atoms with E-state index in [1.54, 1.807) is 0 Å². The van der Waals surface area contributed by atoms with Gasteiger partial charge in [-0.25, -0.2) is 9.78 Å². The molecule has 0 radical (unpaired) electrons. The van der Waals surface area contributed by atoms with Crippen LogP contribution in [0.5, 0.6) is 0 Å². The second-order valence-electron chi connectivity index (χ2n) is 4.92. The highest BCUT2D eigenvalue weighted by Crippen LogP contribution is 2.07. The lowest BCUT2D eigenvalue weighted by Gasteiger charge is -2.27. The van der Waals surface area contributed by atoms with E-state index >= 15 is 0 Å². The number of likely N-dealkylation sites (N-methyl/N-ethyl adjacent to an activating group) is 1. The standard InChI is InChI=1S/C12H20N4O3/c1-7(2)8(16(3)4)5-13-11(17)9-10(12(18)19)15-6-14-9/h6-8H,5H2,1-4H3,(H,13,17)(H,14,15)(H,18,19). The van der Waals surface area contributed by atoms with E-state index in [1.807, 2.05) is 19.0 Å². The van der Waals surface area contributed by atoms with E-state index in [1.165, 1.54) is 6.33 Å². The molecule has 1 unspecified atom stereocenters. The number of rotatable bonds is 6. The van der Waals surface area contributed by atoms with Crippen LogP contribution >= 0.6 is 0 Å². The minimum atomic E-state index is -1.20. The lowest BCUT2D eigenvalue weighted by atomic mass is 10.0. The summed E-state index contributed by atoms with van der Waals surface area (Å²) in [6.07, 6.45) is 1.20. The number of aromatic nitrogens is 2. The number of hydrogen-bond acceptors (Lipinski definition) is 4. The van der Waals surface area contributed by atoms with Crippen LogP contribution in [0.2, 0.25) is 0 Å². The van der Waals surface area contributed by atoms with Crippen molar-refractivity contribution in [2.45, 2.75) is 19.9 Å². The molecule has 0 fully saturated rings. The number of carbonyl (C=O) groups excluding carboxylic acids is 1. The van der Waals surface area contributed by atoms with Gasteiger partial charge in [0, 0.05) is 12.6 Å². The maximum Gasteiger partial charge on any atom is 0.354 e. The maximum absolute atomic E-state index is 11.9. The first-order valence-corrected chi connectivity index (χ1v) is 6.05. The molecule has 0 aliphatic rings. The Kier molecular flexibility index (Phi) is 5.05. The van der Waals surface area contributed by atoms with Crippen LogP contribution in [0.15, 0.2) is 6.33 Å². The molecule has 0 aliphatic heterocycles. The third kappa shape index (κ3) is 3.78. The van der Waals surface area contributed by atoms with Crippen LogP contribution < -0.4 is 5.32 Å². The zero-order valence-corrected chi connectivity index (χ0v) is 11.6. The van der Waals surface area contributed by atoms with E-state index < -0.39 is 11.9 Å². The van der Waals surface area contributed by atoms with Crippen LogP contribution in [0.4, 0.5) is 0 Å². The molecular weight excluding hydrogens is 248 g/mol. The number of carboxylic acid groups (broad SMARTS) is 1. The highest BCUT2D eigenvalue weighted by Gasteiger charge is 2.22. The number of aromatic carboxylic acids is 1. The fraction of sp³-hybridized carbons (Fsp3) is 0.583. The summed E-state index contributed by atoms with van der Waals surface area (Å²) in [5.74, 6) is -1.31. The second kappa shape index (κ2) is 6.33. The average molecular weight is 268 g/mol. The minimum absolute atomic E-state index is 0.0891. The van der Waals surface area contributed by atoms with E-state index in [0.29, 0.717) is 12.5 Å². The van der Waals surface area contributed by atoms with Crippen molar-refractivity contribution in [3.63, 3.8) is 0 Å². The van der Waals surface area contributed by atoms with Crippen molar-refractivity contribution < 1.29 is 14.7 Å². The first-order valence-electron chi connectivity index (χ1n) is 6.05. The Morgan fingerprint density at radius 2 is 2.11 bits per heavy atom. The van der Waals surface area contributed by atoms with E-state index in [4.69, 9.17) is 5.11 Å². The lowest BCUT2D eigenvalue weighted by Crippen LogP contribution is -2.43. The van der Waals surface area contributed by atoms with Crippen LogP contribution in [-0.2, 0) is 0 Å². The molecule has 0 saturated carbocycles. The largest absolute Gasteiger partial charge is 0.477 e. The molecule has 1 heterocycles. The summed E-state index contributed by atoms with van der Waals surface area (Å²) in [6.45, 7) is 4.57. The highest BCUT2D eigenvalue weighted by atomic mass is 16.4. The monoisotopic (exact) mass is 268 g/mol. The molecular formula is C12H20N4O3. The van der Waals surface area contributed by atoms with Gasteiger partial charge in [-0.05, 0) is 20.0 Å². The quantitative estimate of drug-likeness (QED) is 0.694. The Balaban J connectivity index is 2.70. The molecule has 1 rings (SSSR count). The topological polar surface area (TPSA) is 98.3 Å². The van der Waals surface area contributed by atoms with Gasteiger partial charge in [-0.3, -0.25) is 4.79 Å².